The van der Waals surface area contributed by atoms with Crippen molar-refractivity contribution in [2.75, 3.05) is 11.9 Å². The van der Waals surface area contributed by atoms with Crippen LogP contribution in [0.2, 0.25) is 5.02 Å². The summed E-state index contributed by atoms with van der Waals surface area (Å²) >= 11 is 9.44. The lowest BCUT2D eigenvalue weighted by molar-refractivity contribution is -0.120. The van der Waals surface area contributed by atoms with Crippen LogP contribution in [0.4, 0.5) is 5.69 Å². The van der Waals surface area contributed by atoms with Crippen molar-refractivity contribution in [1.82, 2.24) is 0 Å². The summed E-state index contributed by atoms with van der Waals surface area (Å²) in [5.41, 5.74) is 2.44. The molecule has 1 N–H and O–H groups in total. The van der Waals surface area contributed by atoms with Gasteiger partial charge in [-0.05, 0) is 30.7 Å². The zero-order chi connectivity index (χ0) is 15.9. The van der Waals surface area contributed by atoms with Crippen LogP contribution in [0.15, 0.2) is 52.1 Å². The van der Waals surface area contributed by atoms with E-state index in [1.165, 1.54) is 6.21 Å². The molecule has 0 bridgehead atoms. The number of nitrogens with zero attached hydrogens (tertiary/aromatic N) is 1. The maximum atomic E-state index is 11.7. The van der Waals surface area contributed by atoms with Gasteiger partial charge in [0, 0.05) is 10.0 Å². The number of halogens is 2. The highest BCUT2D eigenvalue weighted by Gasteiger charge is 2.06. The van der Waals surface area contributed by atoms with Gasteiger partial charge in [-0.2, -0.15) is 0 Å². The van der Waals surface area contributed by atoms with Crippen LogP contribution in [-0.2, 0) is 9.63 Å². The highest BCUT2D eigenvalue weighted by Crippen LogP contribution is 2.22. The molecule has 0 saturated carbocycles. The fourth-order valence-electron chi connectivity index (χ4n) is 1.68. The van der Waals surface area contributed by atoms with Crippen LogP contribution in [0.3, 0.4) is 0 Å². The number of carbonyl (C=O) groups is 1. The van der Waals surface area contributed by atoms with Crippen molar-refractivity contribution in [3.05, 3.63) is 63.1 Å². The standard InChI is InChI=1S/C16H14BrClN2O2/c1-11-6-7-15(14(18)8-11)20-16(21)10-22-19-9-12-4-2-3-5-13(12)17/h2-9H,10H2,1H3,(H,20,21)/b19-9-. The normalized spacial score (nSPS) is 10.7. The van der Waals surface area contributed by atoms with E-state index in [9.17, 15) is 4.79 Å². The van der Waals surface area contributed by atoms with Gasteiger partial charge in [0.2, 0.25) is 0 Å². The number of oxime groups is 1. The molecule has 0 heterocycles. The first-order chi connectivity index (χ1) is 10.6. The van der Waals surface area contributed by atoms with E-state index in [2.05, 4.69) is 26.4 Å². The Hall–Kier alpha value is -1.85. The molecule has 0 radical (unpaired) electrons. The number of hydrogen-bond acceptors (Lipinski definition) is 3. The molecule has 1 amide bonds. The highest BCUT2D eigenvalue weighted by atomic mass is 79.9. The summed E-state index contributed by atoms with van der Waals surface area (Å²) in [4.78, 5) is 16.7. The molecule has 22 heavy (non-hydrogen) atoms. The SMILES string of the molecule is Cc1ccc(NC(=O)CO/N=C\c2ccccc2Br)c(Cl)c1. The van der Waals surface area contributed by atoms with Gasteiger partial charge >= 0.3 is 0 Å². The number of rotatable bonds is 5. The van der Waals surface area contributed by atoms with Gasteiger partial charge in [-0.1, -0.05) is 57.0 Å². The number of carbonyl (C=O) groups excluding carboxylic acids is 1. The maximum Gasteiger partial charge on any atom is 0.265 e. The van der Waals surface area contributed by atoms with Gasteiger partial charge in [0.25, 0.3) is 5.91 Å². The Labute approximate surface area is 142 Å². The van der Waals surface area contributed by atoms with Crippen LogP contribution in [0.5, 0.6) is 0 Å². The summed E-state index contributed by atoms with van der Waals surface area (Å²) in [5.74, 6) is -0.324. The number of hydrogen-bond donors (Lipinski definition) is 1. The number of aryl methyl sites for hydroxylation is 1. The van der Waals surface area contributed by atoms with Crippen LogP contribution >= 0.6 is 27.5 Å². The fraction of sp³-hybridized carbons (Fsp3) is 0.125. The number of anilines is 1. The molecule has 0 saturated heterocycles. The molecule has 6 heteroatoms. The number of nitrogens with one attached hydrogen (secondary N) is 1. The smallest absolute Gasteiger partial charge is 0.265 e. The molecule has 0 aliphatic heterocycles. The van der Waals surface area contributed by atoms with Crippen molar-refractivity contribution in [2.24, 2.45) is 5.16 Å². The van der Waals surface area contributed by atoms with Crippen LogP contribution in [0.1, 0.15) is 11.1 Å². The second-order valence-corrected chi connectivity index (χ2v) is 5.82. The van der Waals surface area contributed by atoms with E-state index in [0.29, 0.717) is 10.7 Å². The molecule has 0 fully saturated rings. The Balaban J connectivity index is 1.84. The Morgan fingerprint density at radius 1 is 1.36 bits per heavy atom. The highest BCUT2D eigenvalue weighted by molar-refractivity contribution is 9.10. The Bertz CT molecular complexity index is 704. The van der Waals surface area contributed by atoms with Gasteiger partial charge in [-0.3, -0.25) is 4.79 Å². The minimum absolute atomic E-state index is 0.189. The third kappa shape index (κ3) is 4.86. The van der Waals surface area contributed by atoms with Crippen LogP contribution < -0.4 is 5.32 Å². The quantitative estimate of drug-likeness (QED) is 0.616. The lowest BCUT2D eigenvalue weighted by Crippen LogP contribution is -2.17. The van der Waals surface area contributed by atoms with E-state index >= 15 is 0 Å². The molecule has 0 atom stereocenters. The summed E-state index contributed by atoms with van der Waals surface area (Å²) in [5, 5.41) is 6.93. The lowest BCUT2D eigenvalue weighted by Gasteiger charge is -2.07. The van der Waals surface area contributed by atoms with E-state index < -0.39 is 0 Å². The minimum atomic E-state index is -0.324. The van der Waals surface area contributed by atoms with Gasteiger partial charge in [-0.25, -0.2) is 0 Å². The molecular formula is C16H14BrClN2O2. The summed E-state index contributed by atoms with van der Waals surface area (Å²) in [6.07, 6.45) is 1.54. The maximum absolute atomic E-state index is 11.7. The molecule has 0 aliphatic carbocycles. The van der Waals surface area contributed by atoms with Gasteiger partial charge < -0.3 is 10.2 Å². The third-order valence-electron chi connectivity index (χ3n) is 2.77. The fourth-order valence-corrected chi connectivity index (χ4v) is 2.35. The van der Waals surface area contributed by atoms with E-state index in [4.69, 9.17) is 16.4 Å². The number of amides is 1. The van der Waals surface area contributed by atoms with Gasteiger partial charge in [0.05, 0.1) is 16.9 Å². The zero-order valence-electron chi connectivity index (χ0n) is 11.8. The van der Waals surface area contributed by atoms with Crippen molar-refractivity contribution < 1.29 is 9.63 Å². The van der Waals surface area contributed by atoms with Crippen LogP contribution in [-0.4, -0.2) is 18.7 Å². The van der Waals surface area contributed by atoms with Crippen molar-refractivity contribution in [2.45, 2.75) is 6.92 Å². The molecule has 0 aromatic heterocycles. The minimum Gasteiger partial charge on any atom is -0.386 e. The largest absolute Gasteiger partial charge is 0.386 e. The second-order valence-electron chi connectivity index (χ2n) is 4.56. The van der Waals surface area contributed by atoms with E-state index in [1.807, 2.05) is 37.3 Å². The average molecular weight is 382 g/mol. The average Bonchev–Trinajstić information content (AvgIpc) is 2.48. The van der Waals surface area contributed by atoms with Gasteiger partial charge in [0.1, 0.15) is 0 Å². The molecule has 114 valence electrons. The van der Waals surface area contributed by atoms with E-state index in [-0.39, 0.29) is 12.5 Å². The van der Waals surface area contributed by atoms with E-state index in [1.54, 1.807) is 12.1 Å². The predicted octanol–water partition coefficient (Wildman–Crippen LogP) is 4.40. The van der Waals surface area contributed by atoms with Gasteiger partial charge in [-0.15, -0.1) is 0 Å². The van der Waals surface area contributed by atoms with Crippen molar-refractivity contribution >= 4 is 45.3 Å². The number of benzene rings is 2. The van der Waals surface area contributed by atoms with Crippen molar-refractivity contribution in [3.8, 4) is 0 Å². The summed E-state index contributed by atoms with van der Waals surface area (Å²) in [7, 11) is 0. The zero-order valence-corrected chi connectivity index (χ0v) is 14.2. The third-order valence-corrected chi connectivity index (χ3v) is 3.80. The summed E-state index contributed by atoms with van der Waals surface area (Å²) in [6.45, 7) is 1.74. The molecule has 2 aromatic carbocycles. The first kappa shape index (κ1) is 16.5. The first-order valence-corrected chi connectivity index (χ1v) is 7.69. The van der Waals surface area contributed by atoms with Crippen LogP contribution in [0, 0.1) is 6.92 Å². The molecule has 0 unspecified atom stereocenters. The van der Waals surface area contributed by atoms with Crippen molar-refractivity contribution in [3.63, 3.8) is 0 Å². The Morgan fingerprint density at radius 3 is 2.86 bits per heavy atom. The molecule has 0 spiro atoms. The van der Waals surface area contributed by atoms with E-state index in [0.717, 1.165) is 15.6 Å². The molecule has 0 aliphatic rings. The Morgan fingerprint density at radius 2 is 2.14 bits per heavy atom. The molecule has 2 rings (SSSR count). The second kappa shape index (κ2) is 7.96. The topological polar surface area (TPSA) is 50.7 Å². The monoisotopic (exact) mass is 380 g/mol. The summed E-state index contributed by atoms with van der Waals surface area (Å²) in [6, 6.07) is 13.0. The van der Waals surface area contributed by atoms with Gasteiger partial charge in [0.15, 0.2) is 6.61 Å². The first-order valence-electron chi connectivity index (χ1n) is 6.52. The summed E-state index contributed by atoms with van der Waals surface area (Å²) < 4.78 is 0.901. The molecular weight excluding hydrogens is 368 g/mol. The van der Waals surface area contributed by atoms with Crippen LogP contribution in [0.25, 0.3) is 0 Å². The predicted molar refractivity (Wildman–Crippen MR) is 92.5 cm³/mol. The Kier molecular flexibility index (Phi) is 5.98. The van der Waals surface area contributed by atoms with Crippen molar-refractivity contribution in [1.29, 1.82) is 0 Å². The molecule has 2 aromatic rings. The molecule has 4 nitrogen and oxygen atoms in total. The lowest BCUT2D eigenvalue weighted by atomic mass is 10.2.